The van der Waals surface area contributed by atoms with Crippen molar-refractivity contribution in [1.82, 2.24) is 19.7 Å². The molecular weight excluding hydrogens is 494 g/mol. The monoisotopic (exact) mass is 529 g/mol. The maximum atomic E-state index is 12.8. The Morgan fingerprint density at radius 3 is 2.34 bits per heavy atom. The van der Waals surface area contributed by atoms with E-state index in [1.165, 1.54) is 9.91 Å². The number of hydrazone groups is 1. The molecule has 0 atom stereocenters. The number of hydrogen-bond donors (Lipinski definition) is 2. The molecule has 0 bridgehead atoms. The second kappa shape index (κ2) is 13.7. The lowest BCUT2D eigenvalue weighted by Gasteiger charge is -2.32. The highest BCUT2D eigenvalue weighted by Crippen LogP contribution is 2.27. The summed E-state index contributed by atoms with van der Waals surface area (Å²) in [4.78, 5) is 50.5. The topological polar surface area (TPSA) is 143 Å². The average Bonchev–Trinajstić information content (AvgIpc) is 3.14. The molecule has 0 unspecified atom stereocenters. The summed E-state index contributed by atoms with van der Waals surface area (Å²) in [5.74, 6) is -1.90. The minimum absolute atomic E-state index is 0.0167. The molecule has 0 aliphatic carbocycles. The molecule has 3 amide bonds. The number of urea groups is 1. The van der Waals surface area contributed by atoms with Crippen LogP contribution >= 0.6 is 0 Å². The van der Waals surface area contributed by atoms with E-state index < -0.39 is 11.9 Å². The third-order valence-corrected chi connectivity index (χ3v) is 6.39. The minimum Gasteiger partial charge on any atom is -0.492 e. The molecule has 206 valence electrons. The molecule has 12 nitrogen and oxygen atoms in total. The van der Waals surface area contributed by atoms with Crippen molar-refractivity contribution in [3.8, 4) is 5.75 Å². The number of fused-ring (bicyclic) bond motifs is 1. The van der Waals surface area contributed by atoms with Crippen LogP contribution in [0.3, 0.4) is 0 Å². The molecule has 3 heterocycles. The Balaban J connectivity index is 0.000000436. The molecular formula is C26H35N5O7. The predicted molar refractivity (Wildman–Crippen MR) is 139 cm³/mol. The van der Waals surface area contributed by atoms with Gasteiger partial charge in [-0.1, -0.05) is 11.6 Å². The molecule has 0 spiro atoms. The lowest BCUT2D eigenvalue weighted by molar-refractivity contribution is -0.134. The van der Waals surface area contributed by atoms with Gasteiger partial charge in [0.15, 0.2) is 0 Å². The maximum absolute atomic E-state index is 12.8. The van der Waals surface area contributed by atoms with E-state index in [2.05, 4.69) is 21.9 Å². The van der Waals surface area contributed by atoms with Gasteiger partial charge in [0, 0.05) is 56.9 Å². The summed E-state index contributed by atoms with van der Waals surface area (Å²) in [5.41, 5.74) is 2.82. The fourth-order valence-corrected chi connectivity index (χ4v) is 4.28. The number of likely N-dealkylation sites (N-methyl/N-ethyl adjacent to an activating group) is 1. The summed E-state index contributed by atoms with van der Waals surface area (Å²) >= 11 is 0. The molecule has 1 aromatic carbocycles. The SMILES string of the molecule is Cc1ccc2c(c1)/C(=N/N1CC(=O)N(CCCCN3CCN(C)CC3)C1=O)CCO2.O=C(O)/C=C/C(=O)O. The van der Waals surface area contributed by atoms with Crippen molar-refractivity contribution in [3.63, 3.8) is 0 Å². The van der Waals surface area contributed by atoms with Crippen molar-refractivity contribution in [2.45, 2.75) is 26.2 Å². The maximum Gasteiger partial charge on any atom is 0.347 e. The number of carboxylic acids is 2. The lowest BCUT2D eigenvalue weighted by Crippen LogP contribution is -2.44. The van der Waals surface area contributed by atoms with Crippen LogP contribution in [0.2, 0.25) is 0 Å². The van der Waals surface area contributed by atoms with Gasteiger partial charge >= 0.3 is 18.0 Å². The molecule has 3 aliphatic rings. The largest absolute Gasteiger partial charge is 0.492 e. The van der Waals surface area contributed by atoms with E-state index >= 15 is 0 Å². The second-order valence-electron chi connectivity index (χ2n) is 9.39. The molecule has 2 saturated heterocycles. The standard InChI is InChI=1S/C22H31N5O3.C4H4O4/c1-17-5-6-20-18(15-17)19(7-14-30-20)23-27-16-21(28)26(22(27)29)9-4-3-8-25-12-10-24(2)11-13-25;5-3(6)1-2-4(7)8/h5-6,15H,3-4,7-14,16H2,1-2H3;1-2H,(H,5,6)(H,7,8)/b23-19+;2-1+. The summed E-state index contributed by atoms with van der Waals surface area (Å²) in [6.45, 7) is 8.43. The van der Waals surface area contributed by atoms with Crippen molar-refractivity contribution in [2.75, 3.05) is 59.5 Å². The normalized spacial score (nSPS) is 19.4. The molecule has 0 aromatic heterocycles. The number of unbranched alkanes of at least 4 members (excludes halogenated alkanes) is 1. The Morgan fingerprint density at radius 1 is 1.03 bits per heavy atom. The van der Waals surface area contributed by atoms with Gasteiger partial charge in [-0.25, -0.2) is 19.4 Å². The third kappa shape index (κ3) is 8.38. The van der Waals surface area contributed by atoms with E-state index in [0.29, 0.717) is 31.7 Å². The molecule has 38 heavy (non-hydrogen) atoms. The van der Waals surface area contributed by atoms with Gasteiger partial charge in [0.05, 0.1) is 12.3 Å². The fraction of sp³-hybridized carbons (Fsp3) is 0.500. The highest BCUT2D eigenvalue weighted by atomic mass is 16.5. The smallest absolute Gasteiger partial charge is 0.347 e. The molecule has 0 saturated carbocycles. The Hall–Kier alpha value is -3.77. The van der Waals surface area contributed by atoms with E-state index in [9.17, 15) is 19.2 Å². The number of aliphatic carboxylic acids is 2. The van der Waals surface area contributed by atoms with Crippen LogP contribution < -0.4 is 4.74 Å². The summed E-state index contributed by atoms with van der Waals surface area (Å²) in [6.07, 6.45) is 3.55. The van der Waals surface area contributed by atoms with E-state index in [-0.39, 0.29) is 18.5 Å². The molecule has 0 radical (unpaired) electrons. The van der Waals surface area contributed by atoms with Crippen molar-refractivity contribution >= 4 is 29.6 Å². The Morgan fingerprint density at radius 2 is 1.68 bits per heavy atom. The number of piperazine rings is 1. The van der Waals surface area contributed by atoms with Crippen LogP contribution in [0, 0.1) is 6.92 Å². The number of hydrogen-bond acceptors (Lipinski definition) is 8. The fourth-order valence-electron chi connectivity index (χ4n) is 4.28. The Kier molecular flexibility index (Phi) is 10.4. The van der Waals surface area contributed by atoms with Crippen molar-refractivity contribution in [1.29, 1.82) is 0 Å². The number of carboxylic acid groups (broad SMARTS) is 2. The van der Waals surface area contributed by atoms with Gasteiger partial charge in [-0.3, -0.25) is 9.69 Å². The van der Waals surface area contributed by atoms with Crippen LogP contribution in [0.15, 0.2) is 35.5 Å². The first-order chi connectivity index (χ1) is 18.1. The number of ether oxygens (including phenoxy) is 1. The average molecular weight is 530 g/mol. The van der Waals surface area contributed by atoms with Gasteiger partial charge in [-0.15, -0.1) is 0 Å². The van der Waals surface area contributed by atoms with Gasteiger partial charge in [0.1, 0.15) is 12.3 Å². The number of carbonyl (C=O) groups excluding carboxylic acids is 2. The Bertz CT molecular complexity index is 1080. The van der Waals surface area contributed by atoms with Crippen molar-refractivity contribution in [3.05, 3.63) is 41.5 Å². The first kappa shape index (κ1) is 28.8. The van der Waals surface area contributed by atoms with Crippen LogP contribution in [-0.4, -0.2) is 119 Å². The second-order valence-corrected chi connectivity index (χ2v) is 9.39. The summed E-state index contributed by atoms with van der Waals surface area (Å²) < 4.78 is 5.70. The highest BCUT2D eigenvalue weighted by molar-refractivity contribution is 6.06. The van der Waals surface area contributed by atoms with Crippen LogP contribution in [0.25, 0.3) is 0 Å². The number of amides is 3. The molecule has 4 rings (SSSR count). The number of rotatable bonds is 8. The van der Waals surface area contributed by atoms with Gasteiger partial charge in [-0.2, -0.15) is 5.10 Å². The lowest BCUT2D eigenvalue weighted by atomic mass is 10.0. The van der Waals surface area contributed by atoms with E-state index in [0.717, 1.165) is 68.2 Å². The van der Waals surface area contributed by atoms with Gasteiger partial charge in [0.25, 0.3) is 5.91 Å². The molecule has 3 aliphatic heterocycles. The highest BCUT2D eigenvalue weighted by Gasteiger charge is 2.36. The summed E-state index contributed by atoms with van der Waals surface area (Å²) in [7, 11) is 2.15. The third-order valence-electron chi connectivity index (χ3n) is 6.39. The molecule has 2 N–H and O–H groups in total. The van der Waals surface area contributed by atoms with Gasteiger partial charge in [0.2, 0.25) is 0 Å². The zero-order valence-corrected chi connectivity index (χ0v) is 21.8. The number of imide groups is 1. The Labute approximate surface area is 221 Å². The minimum atomic E-state index is -1.26. The number of aryl methyl sites for hydroxylation is 1. The van der Waals surface area contributed by atoms with Crippen LogP contribution in [0.5, 0.6) is 5.75 Å². The van der Waals surface area contributed by atoms with E-state index in [1.54, 1.807) is 0 Å². The molecule has 2 fully saturated rings. The van der Waals surface area contributed by atoms with Crippen molar-refractivity contribution < 1.29 is 34.1 Å². The first-order valence-electron chi connectivity index (χ1n) is 12.6. The van der Waals surface area contributed by atoms with E-state index in [1.807, 2.05) is 25.1 Å². The molecule has 1 aromatic rings. The van der Waals surface area contributed by atoms with Crippen molar-refractivity contribution in [2.24, 2.45) is 5.10 Å². The zero-order chi connectivity index (χ0) is 27.7. The molecule has 12 heteroatoms. The van der Waals surface area contributed by atoms with Gasteiger partial charge < -0.3 is 24.7 Å². The summed E-state index contributed by atoms with van der Waals surface area (Å²) in [5, 5.41) is 21.5. The van der Waals surface area contributed by atoms with E-state index in [4.69, 9.17) is 14.9 Å². The number of benzene rings is 1. The quantitative estimate of drug-likeness (QED) is 0.291. The number of nitrogens with zero attached hydrogens (tertiary/aromatic N) is 5. The zero-order valence-electron chi connectivity index (χ0n) is 21.8. The predicted octanol–water partition coefficient (Wildman–Crippen LogP) is 1.49. The van der Waals surface area contributed by atoms with Crippen LogP contribution in [0.4, 0.5) is 4.79 Å². The van der Waals surface area contributed by atoms with Crippen LogP contribution in [0.1, 0.15) is 30.4 Å². The summed E-state index contributed by atoms with van der Waals surface area (Å²) in [6, 6.07) is 5.64. The van der Waals surface area contributed by atoms with Gasteiger partial charge in [-0.05, 0) is 45.5 Å². The number of carbonyl (C=O) groups is 4. The van der Waals surface area contributed by atoms with Crippen LogP contribution in [-0.2, 0) is 14.4 Å². The first-order valence-corrected chi connectivity index (χ1v) is 12.6.